The van der Waals surface area contributed by atoms with Gasteiger partial charge in [0.25, 0.3) is 0 Å². The van der Waals surface area contributed by atoms with Crippen molar-refractivity contribution in [2.24, 2.45) is 0 Å². The molecule has 224 valence electrons. The molecule has 2 fully saturated rings. The molecular formula is C32H34FN5O5. The van der Waals surface area contributed by atoms with Crippen LogP contribution in [0.2, 0.25) is 0 Å². The maximum Gasteiger partial charge on any atom is 0.334 e. The molecule has 2 N–H and O–H groups in total. The van der Waals surface area contributed by atoms with E-state index in [0.29, 0.717) is 5.56 Å². The zero-order valence-corrected chi connectivity index (χ0v) is 23.8. The molecule has 0 unspecified atom stereocenters. The van der Waals surface area contributed by atoms with Gasteiger partial charge >= 0.3 is 12.0 Å². The SMILES string of the molecule is CN1CC(=O)N2[C@@H](CCC(=O)O)C(=O)N(CC(c3ccccc3)c3ccccc3)C[C@@H]2N1C(=O)NCc1ccc(F)cc1. The fraction of sp³-hybridized carbons (Fsp3) is 0.312. The van der Waals surface area contributed by atoms with Crippen molar-refractivity contribution in [3.05, 3.63) is 107 Å². The quantitative estimate of drug-likeness (QED) is 0.398. The number of carboxylic acid groups (broad SMARTS) is 1. The Bertz CT molecular complexity index is 1420. The molecule has 10 nitrogen and oxygen atoms in total. The molecule has 0 radical (unpaired) electrons. The number of rotatable bonds is 9. The molecule has 3 aromatic carbocycles. The van der Waals surface area contributed by atoms with Crippen LogP contribution in [0.3, 0.4) is 0 Å². The smallest absolute Gasteiger partial charge is 0.334 e. The highest BCUT2D eigenvalue weighted by molar-refractivity contribution is 5.91. The second kappa shape index (κ2) is 13.0. The van der Waals surface area contributed by atoms with E-state index in [4.69, 9.17) is 0 Å². The highest BCUT2D eigenvalue weighted by atomic mass is 19.1. The highest BCUT2D eigenvalue weighted by Gasteiger charge is 2.51. The van der Waals surface area contributed by atoms with Gasteiger partial charge in [0.05, 0.1) is 13.1 Å². The summed E-state index contributed by atoms with van der Waals surface area (Å²) in [6, 6.07) is 23.8. The van der Waals surface area contributed by atoms with E-state index in [-0.39, 0.29) is 62.6 Å². The molecule has 0 saturated carbocycles. The van der Waals surface area contributed by atoms with Crippen molar-refractivity contribution < 1.29 is 28.7 Å². The number of benzene rings is 3. The summed E-state index contributed by atoms with van der Waals surface area (Å²) in [7, 11) is 1.62. The Morgan fingerprint density at radius 2 is 1.56 bits per heavy atom. The van der Waals surface area contributed by atoms with Crippen LogP contribution in [0.1, 0.15) is 35.4 Å². The number of amides is 4. The van der Waals surface area contributed by atoms with E-state index in [1.807, 2.05) is 60.7 Å². The number of hydrogen-bond donors (Lipinski definition) is 2. The third kappa shape index (κ3) is 6.67. The number of nitrogens with zero attached hydrogens (tertiary/aromatic N) is 4. The predicted octanol–water partition coefficient (Wildman–Crippen LogP) is 3.26. The molecule has 43 heavy (non-hydrogen) atoms. The lowest BCUT2D eigenvalue weighted by Crippen LogP contribution is -2.76. The average molecular weight is 588 g/mol. The van der Waals surface area contributed by atoms with Gasteiger partial charge in [0.15, 0.2) is 0 Å². The van der Waals surface area contributed by atoms with Crippen molar-refractivity contribution in [1.29, 1.82) is 0 Å². The molecule has 2 aliphatic heterocycles. The molecule has 0 aliphatic carbocycles. The largest absolute Gasteiger partial charge is 0.481 e. The van der Waals surface area contributed by atoms with Gasteiger partial charge in [-0.05, 0) is 35.2 Å². The van der Waals surface area contributed by atoms with E-state index < -0.39 is 24.2 Å². The van der Waals surface area contributed by atoms with Crippen molar-refractivity contribution in [3.63, 3.8) is 0 Å². The first kappa shape index (κ1) is 29.7. The number of hydrogen-bond acceptors (Lipinski definition) is 5. The van der Waals surface area contributed by atoms with Crippen LogP contribution in [0.5, 0.6) is 0 Å². The Kier molecular flexibility index (Phi) is 9.01. The minimum atomic E-state index is -1.08. The number of halogens is 1. The van der Waals surface area contributed by atoms with Crippen molar-refractivity contribution in [1.82, 2.24) is 25.1 Å². The van der Waals surface area contributed by atoms with Gasteiger partial charge in [0.2, 0.25) is 11.8 Å². The molecule has 0 aromatic heterocycles. The van der Waals surface area contributed by atoms with Gasteiger partial charge in [-0.25, -0.2) is 19.2 Å². The average Bonchev–Trinajstić information content (AvgIpc) is 3.00. The Morgan fingerprint density at radius 3 is 2.14 bits per heavy atom. The molecule has 2 aliphatic rings. The van der Waals surface area contributed by atoms with Crippen molar-refractivity contribution in [2.45, 2.75) is 37.5 Å². The summed E-state index contributed by atoms with van der Waals surface area (Å²) in [5.41, 5.74) is 2.68. The monoisotopic (exact) mass is 587 g/mol. The molecule has 3 aromatic rings. The van der Waals surface area contributed by atoms with E-state index in [1.54, 1.807) is 24.1 Å². The molecule has 2 heterocycles. The Hall–Kier alpha value is -4.77. The van der Waals surface area contributed by atoms with Crippen LogP contribution < -0.4 is 5.32 Å². The number of carbonyl (C=O) groups excluding carboxylic acids is 3. The van der Waals surface area contributed by atoms with Gasteiger partial charge in [0, 0.05) is 32.5 Å². The zero-order valence-electron chi connectivity index (χ0n) is 23.8. The summed E-state index contributed by atoms with van der Waals surface area (Å²) in [5, 5.41) is 15.2. The number of aliphatic carboxylic acids is 1. The minimum Gasteiger partial charge on any atom is -0.481 e. The lowest BCUT2D eigenvalue weighted by molar-refractivity contribution is -0.187. The first-order valence-electron chi connectivity index (χ1n) is 14.2. The first-order valence-corrected chi connectivity index (χ1v) is 14.2. The summed E-state index contributed by atoms with van der Waals surface area (Å²) in [6.07, 6.45) is -1.25. The van der Waals surface area contributed by atoms with Gasteiger partial charge in [0.1, 0.15) is 18.0 Å². The van der Waals surface area contributed by atoms with Crippen LogP contribution in [0, 0.1) is 5.82 Å². The second-order valence-corrected chi connectivity index (χ2v) is 10.8. The lowest BCUT2D eigenvalue weighted by atomic mass is 9.90. The summed E-state index contributed by atoms with van der Waals surface area (Å²) < 4.78 is 13.4. The van der Waals surface area contributed by atoms with Gasteiger partial charge in [-0.15, -0.1) is 0 Å². The van der Waals surface area contributed by atoms with Gasteiger partial charge in [-0.2, -0.15) is 0 Å². The Morgan fingerprint density at radius 1 is 0.953 bits per heavy atom. The number of nitrogens with one attached hydrogen (secondary N) is 1. The van der Waals surface area contributed by atoms with E-state index >= 15 is 0 Å². The van der Waals surface area contributed by atoms with Crippen LogP contribution in [0.4, 0.5) is 9.18 Å². The molecule has 2 saturated heterocycles. The van der Waals surface area contributed by atoms with Crippen molar-refractivity contribution >= 4 is 23.8 Å². The Balaban J connectivity index is 1.46. The third-order valence-electron chi connectivity index (χ3n) is 7.94. The molecule has 5 rings (SSSR count). The fourth-order valence-electron chi connectivity index (χ4n) is 5.86. The summed E-state index contributed by atoms with van der Waals surface area (Å²) in [4.78, 5) is 55.5. The molecule has 4 amide bonds. The lowest BCUT2D eigenvalue weighted by Gasteiger charge is -2.54. The zero-order chi connectivity index (χ0) is 30.5. The molecule has 0 spiro atoms. The number of urea groups is 1. The maximum atomic E-state index is 14.0. The number of fused-ring (bicyclic) bond motifs is 1. The number of carboxylic acids is 1. The summed E-state index contributed by atoms with van der Waals surface area (Å²) in [6.45, 7) is 0.273. The Labute approximate surface area is 249 Å². The normalized spacial score (nSPS) is 19.0. The van der Waals surface area contributed by atoms with Crippen LogP contribution in [-0.4, -0.2) is 87.6 Å². The second-order valence-electron chi connectivity index (χ2n) is 10.8. The number of carbonyl (C=O) groups is 4. The van der Waals surface area contributed by atoms with Crippen LogP contribution >= 0.6 is 0 Å². The standard InChI is InChI=1S/C32H34FN5O5/c1-35-21-29(39)37-27(16-17-30(40)41)31(42)36(19-26(23-8-4-2-5-9-23)24-10-6-3-7-11-24)20-28(37)38(35)32(43)34-18-22-12-14-25(33)15-13-22/h2-15,26-28H,16-21H2,1H3,(H,34,43)(H,40,41)/t27-,28-/m0/s1. The summed E-state index contributed by atoms with van der Waals surface area (Å²) in [5.74, 6) is -2.37. The molecule has 2 atom stereocenters. The summed E-state index contributed by atoms with van der Waals surface area (Å²) >= 11 is 0. The van der Waals surface area contributed by atoms with Gasteiger partial charge < -0.3 is 20.2 Å². The van der Waals surface area contributed by atoms with E-state index in [2.05, 4.69) is 5.32 Å². The predicted molar refractivity (Wildman–Crippen MR) is 156 cm³/mol. The minimum absolute atomic E-state index is 0.0403. The van der Waals surface area contributed by atoms with Crippen LogP contribution in [-0.2, 0) is 20.9 Å². The number of hydrazine groups is 1. The molecular weight excluding hydrogens is 553 g/mol. The third-order valence-corrected chi connectivity index (χ3v) is 7.94. The molecule has 11 heteroatoms. The van der Waals surface area contributed by atoms with E-state index in [9.17, 15) is 28.7 Å². The topological polar surface area (TPSA) is 114 Å². The van der Waals surface area contributed by atoms with Gasteiger partial charge in [-0.1, -0.05) is 72.8 Å². The first-order chi connectivity index (χ1) is 20.7. The maximum absolute atomic E-state index is 14.0. The van der Waals surface area contributed by atoms with E-state index in [1.165, 1.54) is 27.1 Å². The van der Waals surface area contributed by atoms with E-state index in [0.717, 1.165) is 11.1 Å². The van der Waals surface area contributed by atoms with Crippen molar-refractivity contribution in [3.8, 4) is 0 Å². The highest BCUT2D eigenvalue weighted by Crippen LogP contribution is 2.32. The van der Waals surface area contributed by atoms with Gasteiger partial charge in [-0.3, -0.25) is 14.4 Å². The number of piperazine rings is 1. The van der Waals surface area contributed by atoms with Crippen LogP contribution in [0.25, 0.3) is 0 Å². The fourth-order valence-corrected chi connectivity index (χ4v) is 5.86. The molecule has 0 bridgehead atoms. The number of likely N-dealkylation sites (N-methyl/N-ethyl adjacent to an activating group) is 1. The van der Waals surface area contributed by atoms with Crippen molar-refractivity contribution in [2.75, 3.05) is 26.7 Å². The van der Waals surface area contributed by atoms with Crippen LogP contribution in [0.15, 0.2) is 84.9 Å².